The molecule has 0 fully saturated rings. The molecule has 0 heterocycles. The summed E-state index contributed by atoms with van der Waals surface area (Å²) in [6.07, 6.45) is -4.11. The van der Waals surface area contributed by atoms with Crippen LogP contribution in [0.1, 0.15) is 19.8 Å². The molecule has 0 atom stereocenters. The van der Waals surface area contributed by atoms with Gasteiger partial charge in [-0.05, 0) is 6.42 Å². The maximum absolute atomic E-state index is 11.8. The van der Waals surface area contributed by atoms with Gasteiger partial charge < -0.3 is 14.7 Å². The lowest BCUT2D eigenvalue weighted by molar-refractivity contribution is -0.162. The first-order valence-corrected chi connectivity index (χ1v) is 5.00. The fourth-order valence-electron chi connectivity index (χ4n) is 0.999. The van der Waals surface area contributed by atoms with Crippen LogP contribution >= 0.6 is 0 Å². The predicted molar refractivity (Wildman–Crippen MR) is 51.0 cm³/mol. The fraction of sp³-hybridized carbons (Fsp3) is 0.889. The fourth-order valence-corrected chi connectivity index (χ4v) is 0.999. The molecular formula is C9H16F3NO3. The van der Waals surface area contributed by atoms with Crippen molar-refractivity contribution in [3.8, 4) is 0 Å². The Morgan fingerprint density at radius 1 is 1.38 bits per heavy atom. The molecule has 0 rings (SSSR count). The van der Waals surface area contributed by atoms with E-state index in [2.05, 4.69) is 4.74 Å². The van der Waals surface area contributed by atoms with Crippen LogP contribution in [-0.2, 0) is 4.74 Å². The highest BCUT2D eigenvalue weighted by Crippen LogP contribution is 2.15. The van der Waals surface area contributed by atoms with Crippen molar-refractivity contribution in [1.82, 2.24) is 4.90 Å². The third-order valence-corrected chi connectivity index (χ3v) is 1.77. The Morgan fingerprint density at radius 2 is 2.00 bits per heavy atom. The van der Waals surface area contributed by atoms with Crippen LogP contribution in [0.4, 0.5) is 18.0 Å². The maximum atomic E-state index is 11.8. The molecule has 1 N–H and O–H groups in total. The van der Waals surface area contributed by atoms with Gasteiger partial charge in [-0.2, -0.15) is 13.2 Å². The van der Waals surface area contributed by atoms with E-state index in [9.17, 15) is 18.0 Å². The average molecular weight is 243 g/mol. The van der Waals surface area contributed by atoms with Crippen LogP contribution in [0, 0.1) is 0 Å². The summed E-state index contributed by atoms with van der Waals surface area (Å²) in [6, 6.07) is 0. The van der Waals surface area contributed by atoms with E-state index in [1.54, 1.807) is 0 Å². The molecule has 0 radical (unpaired) electrons. The number of amides is 1. The zero-order chi connectivity index (χ0) is 12.6. The summed E-state index contributed by atoms with van der Waals surface area (Å²) in [4.78, 5) is 12.2. The molecule has 0 spiro atoms. The molecule has 7 heteroatoms. The highest BCUT2D eigenvalue weighted by atomic mass is 19.4. The Hall–Kier alpha value is -0.980. The SMILES string of the molecule is CCCCN(CCO)C(=O)OCC(F)(F)F. The van der Waals surface area contributed by atoms with E-state index in [1.807, 2.05) is 6.92 Å². The van der Waals surface area contributed by atoms with E-state index >= 15 is 0 Å². The van der Waals surface area contributed by atoms with Crippen molar-refractivity contribution in [3.05, 3.63) is 0 Å². The van der Waals surface area contributed by atoms with Gasteiger partial charge in [0.05, 0.1) is 6.61 Å². The zero-order valence-corrected chi connectivity index (χ0v) is 9.09. The second-order valence-electron chi connectivity index (χ2n) is 3.23. The minimum absolute atomic E-state index is 0.0172. The first-order chi connectivity index (χ1) is 7.40. The first-order valence-electron chi connectivity index (χ1n) is 5.00. The van der Waals surface area contributed by atoms with Gasteiger partial charge in [0.1, 0.15) is 0 Å². The lowest BCUT2D eigenvalue weighted by Crippen LogP contribution is -2.36. The monoisotopic (exact) mass is 243 g/mol. The summed E-state index contributed by atoms with van der Waals surface area (Å²) in [5.41, 5.74) is 0. The number of unbranched alkanes of at least 4 members (excludes halogenated alkanes) is 1. The third kappa shape index (κ3) is 7.33. The molecule has 0 aliphatic carbocycles. The van der Waals surface area contributed by atoms with Crippen molar-refractivity contribution in [2.45, 2.75) is 25.9 Å². The molecule has 4 nitrogen and oxygen atoms in total. The predicted octanol–water partition coefficient (Wildman–Crippen LogP) is 1.78. The number of nitrogens with zero attached hydrogens (tertiary/aromatic N) is 1. The number of carbonyl (C=O) groups is 1. The molecule has 0 aromatic rings. The number of halogens is 3. The Labute approximate surface area is 92.0 Å². The van der Waals surface area contributed by atoms with Gasteiger partial charge in [-0.1, -0.05) is 13.3 Å². The number of ether oxygens (including phenoxy) is 1. The zero-order valence-electron chi connectivity index (χ0n) is 9.09. The summed E-state index contributed by atoms with van der Waals surface area (Å²) in [6.45, 7) is 0.257. The van der Waals surface area contributed by atoms with Crippen molar-refractivity contribution in [2.75, 3.05) is 26.3 Å². The molecule has 0 saturated carbocycles. The summed E-state index contributed by atoms with van der Waals surface area (Å²) in [5, 5.41) is 8.64. The van der Waals surface area contributed by atoms with Gasteiger partial charge >= 0.3 is 12.3 Å². The minimum Gasteiger partial charge on any atom is -0.440 e. The van der Waals surface area contributed by atoms with Gasteiger partial charge in [-0.3, -0.25) is 0 Å². The quantitative estimate of drug-likeness (QED) is 0.773. The number of alkyl halides is 3. The lowest BCUT2D eigenvalue weighted by atomic mass is 10.3. The molecular weight excluding hydrogens is 227 g/mol. The van der Waals surface area contributed by atoms with Crippen LogP contribution in [0.25, 0.3) is 0 Å². The van der Waals surface area contributed by atoms with Crippen LogP contribution in [-0.4, -0.2) is 48.6 Å². The number of aliphatic hydroxyl groups is 1. The van der Waals surface area contributed by atoms with E-state index in [1.165, 1.54) is 0 Å². The Morgan fingerprint density at radius 3 is 2.44 bits per heavy atom. The van der Waals surface area contributed by atoms with Gasteiger partial charge in [0.2, 0.25) is 0 Å². The van der Waals surface area contributed by atoms with Crippen LogP contribution in [0.2, 0.25) is 0 Å². The van der Waals surface area contributed by atoms with Crippen LogP contribution in [0.15, 0.2) is 0 Å². The normalized spacial score (nSPS) is 11.3. The van der Waals surface area contributed by atoms with Gasteiger partial charge in [-0.15, -0.1) is 0 Å². The van der Waals surface area contributed by atoms with Crippen molar-refractivity contribution in [1.29, 1.82) is 0 Å². The van der Waals surface area contributed by atoms with E-state index in [0.717, 1.165) is 11.3 Å². The average Bonchev–Trinajstić information content (AvgIpc) is 2.19. The summed E-state index contributed by atoms with van der Waals surface area (Å²) >= 11 is 0. The minimum atomic E-state index is -4.52. The topological polar surface area (TPSA) is 49.8 Å². The van der Waals surface area contributed by atoms with Gasteiger partial charge in [0.15, 0.2) is 6.61 Å². The molecule has 0 aliphatic heterocycles. The van der Waals surface area contributed by atoms with Crippen LogP contribution in [0.3, 0.4) is 0 Å². The van der Waals surface area contributed by atoms with Crippen LogP contribution < -0.4 is 0 Å². The summed E-state index contributed by atoms with van der Waals surface area (Å²) in [5.74, 6) is 0. The Bertz CT molecular complexity index is 209. The summed E-state index contributed by atoms with van der Waals surface area (Å²) in [7, 11) is 0. The second-order valence-corrected chi connectivity index (χ2v) is 3.23. The lowest BCUT2D eigenvalue weighted by Gasteiger charge is -2.21. The van der Waals surface area contributed by atoms with Gasteiger partial charge in [-0.25, -0.2) is 4.79 Å². The second kappa shape index (κ2) is 7.32. The molecule has 1 amide bonds. The number of aliphatic hydroxyl groups excluding tert-OH is 1. The van der Waals surface area contributed by atoms with Crippen molar-refractivity contribution in [3.63, 3.8) is 0 Å². The number of hydrogen-bond donors (Lipinski definition) is 1. The number of carbonyl (C=O) groups excluding carboxylic acids is 1. The van der Waals surface area contributed by atoms with Crippen molar-refractivity contribution in [2.24, 2.45) is 0 Å². The van der Waals surface area contributed by atoms with E-state index in [0.29, 0.717) is 6.42 Å². The maximum Gasteiger partial charge on any atom is 0.422 e. The van der Waals surface area contributed by atoms with E-state index < -0.39 is 18.9 Å². The molecule has 0 unspecified atom stereocenters. The standard InChI is InChI=1S/C9H16F3NO3/c1-2-3-4-13(5-6-14)8(15)16-7-9(10,11)12/h14H,2-7H2,1H3. The van der Waals surface area contributed by atoms with Crippen molar-refractivity contribution < 1.29 is 27.8 Å². The molecule has 0 aliphatic rings. The highest BCUT2D eigenvalue weighted by molar-refractivity contribution is 5.67. The number of hydrogen-bond acceptors (Lipinski definition) is 3. The van der Waals surface area contributed by atoms with Crippen molar-refractivity contribution >= 4 is 6.09 Å². The largest absolute Gasteiger partial charge is 0.440 e. The summed E-state index contributed by atoms with van der Waals surface area (Å²) < 4.78 is 39.4. The Kier molecular flexibility index (Phi) is 6.87. The first kappa shape index (κ1) is 15.0. The van der Waals surface area contributed by atoms with Crippen LogP contribution in [0.5, 0.6) is 0 Å². The van der Waals surface area contributed by atoms with E-state index in [-0.39, 0.29) is 19.7 Å². The molecule has 16 heavy (non-hydrogen) atoms. The van der Waals surface area contributed by atoms with Gasteiger partial charge in [0, 0.05) is 13.1 Å². The molecule has 96 valence electrons. The molecule has 0 bridgehead atoms. The van der Waals surface area contributed by atoms with Gasteiger partial charge in [0.25, 0.3) is 0 Å². The molecule has 0 aromatic heterocycles. The molecule has 0 saturated heterocycles. The van der Waals surface area contributed by atoms with E-state index in [4.69, 9.17) is 5.11 Å². The highest BCUT2D eigenvalue weighted by Gasteiger charge is 2.30. The smallest absolute Gasteiger partial charge is 0.422 e. The molecule has 0 aromatic carbocycles. The third-order valence-electron chi connectivity index (χ3n) is 1.77. The number of rotatable bonds is 6. The Balaban J connectivity index is 4.05.